The van der Waals surface area contributed by atoms with Crippen LogP contribution in [0.2, 0.25) is 0 Å². The third-order valence-electron chi connectivity index (χ3n) is 3.02. The van der Waals surface area contributed by atoms with Gasteiger partial charge in [0.25, 0.3) is 0 Å². The number of carbonyl (C=O) groups excluding carboxylic acids is 1. The number of aliphatic hydroxyl groups excluding tert-OH is 1. The fraction of sp³-hybridized carbons (Fsp3) is 0.533. The predicted molar refractivity (Wildman–Crippen MR) is 75.4 cm³/mol. The highest BCUT2D eigenvalue weighted by Crippen LogP contribution is 2.31. The van der Waals surface area contributed by atoms with Gasteiger partial charge in [0.1, 0.15) is 6.10 Å². The summed E-state index contributed by atoms with van der Waals surface area (Å²) in [6.07, 6.45) is 0.674. The van der Waals surface area contributed by atoms with Gasteiger partial charge in [-0.15, -0.1) is 0 Å². The Bertz CT molecular complexity index is 430. The van der Waals surface area contributed by atoms with E-state index >= 15 is 0 Å². The zero-order chi connectivity index (χ0) is 15.0. The van der Waals surface area contributed by atoms with Gasteiger partial charge >= 0.3 is 0 Å². The van der Waals surface area contributed by atoms with Crippen molar-refractivity contribution in [2.45, 2.75) is 25.9 Å². The average molecular weight is 282 g/mol. The highest BCUT2D eigenvalue weighted by Gasteiger charge is 2.17. The second-order valence-corrected chi connectivity index (χ2v) is 4.39. The Labute approximate surface area is 119 Å². The molecule has 1 unspecified atom stereocenters. The van der Waals surface area contributed by atoms with Crippen LogP contribution < -0.4 is 9.47 Å². The van der Waals surface area contributed by atoms with Gasteiger partial charge in [-0.1, -0.05) is 12.1 Å². The molecule has 0 bridgehead atoms. The highest BCUT2D eigenvalue weighted by molar-refractivity contribution is 5.80. The normalized spacial score (nSPS) is 12.0. The lowest BCUT2D eigenvalue weighted by atomic mass is 10.0. The first-order chi connectivity index (χ1) is 9.63. The SMILES string of the molecule is COc1cccc(CCC(OCCO)C(C)=O)c1OC. The Morgan fingerprint density at radius 3 is 2.60 bits per heavy atom. The molecule has 0 aromatic heterocycles. The Kier molecular flexibility index (Phi) is 7.04. The van der Waals surface area contributed by atoms with Crippen LogP contribution in [0.5, 0.6) is 11.5 Å². The van der Waals surface area contributed by atoms with Crippen molar-refractivity contribution in [3.63, 3.8) is 0 Å². The molecule has 1 rings (SSSR count). The van der Waals surface area contributed by atoms with Gasteiger partial charge in [-0.3, -0.25) is 4.79 Å². The van der Waals surface area contributed by atoms with Crippen LogP contribution in [0.3, 0.4) is 0 Å². The summed E-state index contributed by atoms with van der Waals surface area (Å²) in [7, 11) is 3.18. The Balaban J connectivity index is 2.74. The van der Waals surface area contributed by atoms with Gasteiger partial charge in [-0.05, 0) is 31.4 Å². The van der Waals surface area contributed by atoms with Crippen molar-refractivity contribution < 1.29 is 24.1 Å². The third kappa shape index (κ3) is 4.51. The maximum Gasteiger partial charge on any atom is 0.163 e. The van der Waals surface area contributed by atoms with Crippen LogP contribution in [0.1, 0.15) is 18.9 Å². The number of hydrogen-bond donors (Lipinski definition) is 1. The summed E-state index contributed by atoms with van der Waals surface area (Å²) in [5, 5.41) is 8.76. The maximum atomic E-state index is 11.5. The molecule has 0 aliphatic heterocycles. The summed E-state index contributed by atoms with van der Waals surface area (Å²) >= 11 is 0. The number of ketones is 1. The molecular formula is C15H22O5. The molecule has 1 atom stereocenters. The number of aryl methyl sites for hydroxylation is 1. The van der Waals surface area contributed by atoms with Gasteiger partial charge in [0, 0.05) is 0 Å². The Morgan fingerprint density at radius 1 is 1.30 bits per heavy atom. The van der Waals surface area contributed by atoms with Crippen molar-refractivity contribution in [3.05, 3.63) is 23.8 Å². The lowest BCUT2D eigenvalue weighted by Gasteiger charge is -2.16. The summed E-state index contributed by atoms with van der Waals surface area (Å²) in [6, 6.07) is 5.64. The molecule has 1 aromatic carbocycles. The highest BCUT2D eigenvalue weighted by atomic mass is 16.5. The Morgan fingerprint density at radius 2 is 2.05 bits per heavy atom. The molecule has 20 heavy (non-hydrogen) atoms. The topological polar surface area (TPSA) is 65.0 Å². The van der Waals surface area contributed by atoms with E-state index < -0.39 is 6.10 Å². The summed E-state index contributed by atoms with van der Waals surface area (Å²) < 4.78 is 15.9. The van der Waals surface area contributed by atoms with Crippen LogP contribution >= 0.6 is 0 Å². The standard InChI is InChI=1S/C15H22O5/c1-11(17)13(20-10-9-16)8-7-12-5-4-6-14(18-2)15(12)19-3/h4-6,13,16H,7-10H2,1-3H3. The number of hydrogen-bond acceptors (Lipinski definition) is 5. The minimum absolute atomic E-state index is 0.0414. The molecule has 0 saturated carbocycles. The molecule has 0 saturated heterocycles. The number of carbonyl (C=O) groups is 1. The van der Waals surface area contributed by atoms with Crippen LogP contribution in [0.25, 0.3) is 0 Å². The van der Waals surface area contributed by atoms with E-state index in [1.54, 1.807) is 14.2 Å². The molecule has 0 amide bonds. The van der Waals surface area contributed by atoms with Gasteiger partial charge in [0.15, 0.2) is 17.3 Å². The van der Waals surface area contributed by atoms with Gasteiger partial charge in [-0.25, -0.2) is 0 Å². The lowest BCUT2D eigenvalue weighted by Crippen LogP contribution is -2.24. The number of para-hydroxylation sites is 1. The molecule has 5 heteroatoms. The second-order valence-electron chi connectivity index (χ2n) is 4.39. The number of ether oxygens (including phenoxy) is 3. The zero-order valence-electron chi connectivity index (χ0n) is 12.2. The van der Waals surface area contributed by atoms with Crippen LogP contribution in [0.4, 0.5) is 0 Å². The number of benzene rings is 1. The molecule has 1 N–H and O–H groups in total. The maximum absolute atomic E-state index is 11.5. The van der Waals surface area contributed by atoms with Crippen LogP contribution in [-0.4, -0.2) is 44.4 Å². The van der Waals surface area contributed by atoms with Crippen molar-refractivity contribution in [2.75, 3.05) is 27.4 Å². The average Bonchev–Trinajstić information content (AvgIpc) is 2.46. The molecule has 0 aliphatic rings. The van der Waals surface area contributed by atoms with Crippen LogP contribution in [0, 0.1) is 0 Å². The summed E-state index contributed by atoms with van der Waals surface area (Å²) in [5.41, 5.74) is 0.964. The first-order valence-corrected chi connectivity index (χ1v) is 6.56. The molecule has 5 nitrogen and oxygen atoms in total. The van der Waals surface area contributed by atoms with E-state index in [1.807, 2.05) is 18.2 Å². The predicted octanol–water partition coefficient (Wildman–Crippen LogP) is 1.60. The van der Waals surface area contributed by atoms with Gasteiger partial charge in [0.05, 0.1) is 27.4 Å². The van der Waals surface area contributed by atoms with E-state index in [9.17, 15) is 4.79 Å². The number of Topliss-reactive ketones (excluding diaryl/α,β-unsaturated/α-hetero) is 1. The zero-order valence-corrected chi connectivity index (χ0v) is 12.2. The largest absolute Gasteiger partial charge is 0.493 e. The van der Waals surface area contributed by atoms with Gasteiger partial charge < -0.3 is 19.3 Å². The van der Waals surface area contributed by atoms with Crippen molar-refractivity contribution in [2.24, 2.45) is 0 Å². The van der Waals surface area contributed by atoms with Crippen LogP contribution in [0.15, 0.2) is 18.2 Å². The van der Waals surface area contributed by atoms with Gasteiger partial charge in [0.2, 0.25) is 0 Å². The van der Waals surface area contributed by atoms with E-state index in [0.29, 0.717) is 24.3 Å². The molecule has 1 aromatic rings. The molecule has 0 aliphatic carbocycles. The van der Waals surface area contributed by atoms with E-state index in [-0.39, 0.29) is 19.0 Å². The molecule has 0 heterocycles. The molecule has 0 radical (unpaired) electrons. The smallest absolute Gasteiger partial charge is 0.163 e. The molecule has 0 spiro atoms. The van der Waals surface area contributed by atoms with E-state index in [1.165, 1.54) is 6.92 Å². The van der Waals surface area contributed by atoms with Gasteiger partial charge in [-0.2, -0.15) is 0 Å². The van der Waals surface area contributed by atoms with Crippen molar-refractivity contribution in [1.82, 2.24) is 0 Å². The summed E-state index contributed by atoms with van der Waals surface area (Å²) in [6.45, 7) is 1.57. The first-order valence-electron chi connectivity index (χ1n) is 6.56. The molecule has 0 fully saturated rings. The second kappa shape index (κ2) is 8.55. The summed E-state index contributed by atoms with van der Waals surface area (Å²) in [5.74, 6) is 1.31. The minimum Gasteiger partial charge on any atom is -0.493 e. The number of methoxy groups -OCH3 is 2. The Hall–Kier alpha value is -1.59. The first kappa shape index (κ1) is 16.5. The van der Waals surface area contributed by atoms with Crippen molar-refractivity contribution in [3.8, 4) is 11.5 Å². The van der Waals surface area contributed by atoms with E-state index in [2.05, 4.69) is 0 Å². The lowest BCUT2D eigenvalue weighted by molar-refractivity contribution is -0.129. The van der Waals surface area contributed by atoms with Crippen molar-refractivity contribution >= 4 is 5.78 Å². The number of rotatable bonds is 9. The van der Waals surface area contributed by atoms with Crippen molar-refractivity contribution in [1.29, 1.82) is 0 Å². The third-order valence-corrected chi connectivity index (χ3v) is 3.02. The fourth-order valence-corrected chi connectivity index (χ4v) is 2.04. The fourth-order valence-electron chi connectivity index (χ4n) is 2.04. The minimum atomic E-state index is -0.502. The summed E-state index contributed by atoms with van der Waals surface area (Å²) in [4.78, 5) is 11.5. The quantitative estimate of drug-likeness (QED) is 0.745. The number of aliphatic hydroxyl groups is 1. The molecular weight excluding hydrogens is 260 g/mol. The molecule has 112 valence electrons. The van der Waals surface area contributed by atoms with Crippen LogP contribution in [-0.2, 0) is 16.0 Å². The monoisotopic (exact) mass is 282 g/mol. The van der Waals surface area contributed by atoms with E-state index in [4.69, 9.17) is 19.3 Å². The van der Waals surface area contributed by atoms with E-state index in [0.717, 1.165) is 5.56 Å².